The van der Waals surface area contributed by atoms with Gasteiger partial charge in [-0.25, -0.2) is 0 Å². The van der Waals surface area contributed by atoms with Crippen LogP contribution in [0.25, 0.3) is 11.3 Å². The van der Waals surface area contributed by atoms with Crippen molar-refractivity contribution in [1.82, 2.24) is 30.5 Å². The number of amides is 1. The van der Waals surface area contributed by atoms with Gasteiger partial charge in [0.05, 0.1) is 29.9 Å². The Kier molecular flexibility index (Phi) is 5.90. The predicted molar refractivity (Wildman–Crippen MR) is 137 cm³/mol. The third kappa shape index (κ3) is 3.68. The molecule has 4 heterocycles. The molecule has 2 aromatic heterocycles. The van der Waals surface area contributed by atoms with Crippen molar-refractivity contribution in [2.45, 2.75) is 56.0 Å². The number of halogens is 1. The monoisotopic (exact) mass is 505 g/mol. The molecule has 2 N–H and O–H groups in total. The van der Waals surface area contributed by atoms with Crippen molar-refractivity contribution >= 4 is 17.5 Å². The topological polar surface area (TPSA) is 98.9 Å². The number of nitrogens with one attached hydrogen (secondary N) is 2. The van der Waals surface area contributed by atoms with Crippen LogP contribution in [0.2, 0.25) is 0 Å². The van der Waals surface area contributed by atoms with Gasteiger partial charge < -0.3 is 4.90 Å². The Morgan fingerprint density at radius 1 is 1.42 bits per heavy atom. The van der Waals surface area contributed by atoms with Crippen molar-refractivity contribution < 1.29 is 4.79 Å². The number of nitrogens with zero attached hydrogens (tertiary/aromatic N) is 5. The number of hydrazine groups is 1. The summed E-state index contributed by atoms with van der Waals surface area (Å²) < 4.78 is 2.12. The van der Waals surface area contributed by atoms with E-state index in [-0.39, 0.29) is 28.7 Å². The van der Waals surface area contributed by atoms with Gasteiger partial charge >= 0.3 is 0 Å². The molecule has 2 saturated carbocycles. The van der Waals surface area contributed by atoms with E-state index in [1.54, 1.807) is 6.20 Å². The lowest BCUT2D eigenvalue weighted by atomic mass is 9.60. The standard InChI is InChI=1S/C27H32ClN7O/c1-3-22(36)34-14-27(15-34)10-18(11-27)35-21(6-7-29)24(26(33-35)17-5-4-8-30-12-17)23-19-13-31-32-20(19)9-16(2)25(23)28/h3-5,8,12,16,18-20,23,25,31-32H,1,6,9-11,13-15H2,2H3. The highest BCUT2D eigenvalue weighted by atomic mass is 35.5. The van der Waals surface area contributed by atoms with Gasteiger partial charge in [0.25, 0.3) is 0 Å². The summed E-state index contributed by atoms with van der Waals surface area (Å²) in [7, 11) is 0. The number of nitriles is 1. The first kappa shape index (κ1) is 23.7. The van der Waals surface area contributed by atoms with E-state index in [1.807, 2.05) is 23.2 Å². The number of likely N-dealkylation sites (tertiary alicyclic amines) is 1. The number of pyridine rings is 1. The molecule has 1 amide bonds. The van der Waals surface area contributed by atoms with Crippen LogP contribution in [-0.4, -0.2) is 56.6 Å². The van der Waals surface area contributed by atoms with Crippen molar-refractivity contribution in [3.8, 4) is 17.3 Å². The van der Waals surface area contributed by atoms with Crippen LogP contribution >= 0.6 is 11.6 Å². The Labute approximate surface area is 216 Å². The molecule has 5 atom stereocenters. The van der Waals surface area contributed by atoms with Gasteiger partial charge in [-0.2, -0.15) is 10.4 Å². The van der Waals surface area contributed by atoms with E-state index in [0.29, 0.717) is 24.3 Å². The molecule has 0 aromatic carbocycles. The molecule has 2 aliphatic heterocycles. The normalized spacial score (nSPS) is 30.8. The van der Waals surface area contributed by atoms with Gasteiger partial charge in [0, 0.05) is 65.9 Å². The average Bonchev–Trinajstić information content (AvgIpc) is 3.44. The molecule has 6 rings (SSSR count). The van der Waals surface area contributed by atoms with Crippen molar-refractivity contribution in [3.05, 3.63) is 48.4 Å². The number of alkyl halides is 1. The largest absolute Gasteiger partial charge is 0.338 e. The van der Waals surface area contributed by atoms with Gasteiger partial charge in [-0.15, -0.1) is 11.6 Å². The minimum atomic E-state index is -0.0451. The van der Waals surface area contributed by atoms with Crippen LogP contribution in [0.15, 0.2) is 37.2 Å². The average molecular weight is 506 g/mol. The number of carbonyl (C=O) groups excluding carboxylic acids is 1. The zero-order valence-electron chi connectivity index (χ0n) is 20.5. The zero-order chi connectivity index (χ0) is 25.0. The first-order valence-corrected chi connectivity index (χ1v) is 13.3. The molecule has 9 heteroatoms. The molecule has 0 radical (unpaired) electrons. The minimum absolute atomic E-state index is 0.00222. The van der Waals surface area contributed by atoms with Crippen LogP contribution in [0, 0.1) is 28.6 Å². The van der Waals surface area contributed by atoms with E-state index < -0.39 is 0 Å². The molecule has 0 bridgehead atoms. The van der Waals surface area contributed by atoms with Crippen molar-refractivity contribution in [1.29, 1.82) is 5.26 Å². The Morgan fingerprint density at radius 2 is 2.22 bits per heavy atom. The summed E-state index contributed by atoms with van der Waals surface area (Å²) in [6, 6.07) is 6.96. The fourth-order valence-corrected chi connectivity index (χ4v) is 7.60. The summed E-state index contributed by atoms with van der Waals surface area (Å²) in [5.74, 6) is 0.740. The fourth-order valence-electron chi connectivity index (χ4n) is 7.18. The SMILES string of the molecule is C=CC(=O)N1CC2(CC(n3nc(-c4cccnc4)c(C4C(Cl)C(C)CC5NNCC54)c3CC#N)C2)C1. The van der Waals surface area contributed by atoms with Gasteiger partial charge in [0.1, 0.15) is 0 Å². The van der Waals surface area contributed by atoms with E-state index in [2.05, 4.69) is 40.1 Å². The molecule has 1 spiro atoms. The van der Waals surface area contributed by atoms with E-state index in [4.69, 9.17) is 16.7 Å². The van der Waals surface area contributed by atoms with Crippen LogP contribution in [0.4, 0.5) is 0 Å². The lowest BCUT2D eigenvalue weighted by molar-refractivity contribution is -0.149. The third-order valence-electron chi connectivity index (χ3n) is 8.90. The molecule has 2 saturated heterocycles. The number of rotatable bonds is 5. The highest BCUT2D eigenvalue weighted by Gasteiger charge is 2.55. The van der Waals surface area contributed by atoms with Crippen LogP contribution in [0.1, 0.15) is 49.4 Å². The second-order valence-corrected chi connectivity index (χ2v) is 11.7. The number of carbonyl (C=O) groups is 1. The van der Waals surface area contributed by atoms with Crippen LogP contribution in [-0.2, 0) is 11.2 Å². The number of hydrogen-bond donors (Lipinski definition) is 2. The molecule has 2 aromatic rings. The molecule has 2 aliphatic carbocycles. The molecule has 5 unspecified atom stereocenters. The second-order valence-electron chi connectivity index (χ2n) is 11.2. The maximum Gasteiger partial charge on any atom is 0.245 e. The highest BCUT2D eigenvalue weighted by molar-refractivity contribution is 6.21. The lowest BCUT2D eigenvalue weighted by Gasteiger charge is -2.58. The first-order chi connectivity index (χ1) is 17.4. The predicted octanol–water partition coefficient (Wildman–Crippen LogP) is 3.18. The van der Waals surface area contributed by atoms with E-state index in [1.165, 1.54) is 6.08 Å². The van der Waals surface area contributed by atoms with Crippen LogP contribution < -0.4 is 10.9 Å². The smallest absolute Gasteiger partial charge is 0.245 e. The van der Waals surface area contributed by atoms with Gasteiger partial charge in [-0.1, -0.05) is 13.5 Å². The van der Waals surface area contributed by atoms with Crippen molar-refractivity contribution in [3.63, 3.8) is 0 Å². The Balaban J connectivity index is 1.40. The van der Waals surface area contributed by atoms with Gasteiger partial charge in [0.15, 0.2) is 0 Å². The van der Waals surface area contributed by atoms with E-state index in [0.717, 1.165) is 61.4 Å². The maximum atomic E-state index is 12.0. The molecular weight excluding hydrogens is 474 g/mol. The number of hydrogen-bond acceptors (Lipinski definition) is 6. The second kappa shape index (κ2) is 8.98. The van der Waals surface area contributed by atoms with E-state index in [9.17, 15) is 10.1 Å². The van der Waals surface area contributed by atoms with Crippen LogP contribution in [0.3, 0.4) is 0 Å². The number of fused-ring (bicyclic) bond motifs is 1. The highest BCUT2D eigenvalue weighted by Crippen LogP contribution is 2.56. The first-order valence-electron chi connectivity index (χ1n) is 12.9. The maximum absolute atomic E-state index is 12.0. The van der Waals surface area contributed by atoms with Gasteiger partial charge in [0.2, 0.25) is 5.91 Å². The molecular formula is C27H32ClN7O. The number of aromatic nitrogens is 3. The van der Waals surface area contributed by atoms with E-state index >= 15 is 0 Å². The Bertz CT molecular complexity index is 1210. The van der Waals surface area contributed by atoms with Gasteiger partial charge in [-0.05, 0) is 49.3 Å². The van der Waals surface area contributed by atoms with Crippen LogP contribution in [0.5, 0.6) is 0 Å². The minimum Gasteiger partial charge on any atom is -0.338 e. The third-order valence-corrected chi connectivity index (χ3v) is 9.60. The quantitative estimate of drug-likeness (QED) is 0.478. The van der Waals surface area contributed by atoms with Crippen molar-refractivity contribution in [2.75, 3.05) is 19.6 Å². The summed E-state index contributed by atoms with van der Waals surface area (Å²) in [5, 5.41) is 15.0. The lowest BCUT2D eigenvalue weighted by Crippen LogP contribution is -2.63. The van der Waals surface area contributed by atoms with Gasteiger partial charge in [-0.3, -0.25) is 25.3 Å². The molecule has 4 fully saturated rings. The van der Waals surface area contributed by atoms with Crippen molar-refractivity contribution in [2.24, 2.45) is 17.3 Å². The Morgan fingerprint density at radius 3 is 2.92 bits per heavy atom. The molecule has 4 aliphatic rings. The fraction of sp³-hybridized carbons (Fsp3) is 0.556. The Hall–Kier alpha value is -2.73. The zero-order valence-corrected chi connectivity index (χ0v) is 21.3. The molecule has 8 nitrogen and oxygen atoms in total. The molecule has 36 heavy (non-hydrogen) atoms. The summed E-state index contributed by atoms with van der Waals surface area (Å²) >= 11 is 7.20. The summed E-state index contributed by atoms with van der Waals surface area (Å²) in [6.07, 6.45) is 8.25. The summed E-state index contributed by atoms with van der Waals surface area (Å²) in [4.78, 5) is 18.2. The summed E-state index contributed by atoms with van der Waals surface area (Å²) in [5.41, 5.74) is 11.0. The molecule has 188 valence electrons. The summed E-state index contributed by atoms with van der Waals surface area (Å²) in [6.45, 7) is 8.22.